The lowest BCUT2D eigenvalue weighted by atomic mass is 9.99. The Morgan fingerprint density at radius 1 is 0.893 bits per heavy atom. The van der Waals surface area contributed by atoms with Crippen molar-refractivity contribution in [3.63, 3.8) is 0 Å². The third-order valence-corrected chi connectivity index (χ3v) is 5.01. The first kappa shape index (κ1) is 16.3. The fourth-order valence-corrected chi connectivity index (χ4v) is 3.68. The van der Waals surface area contributed by atoms with E-state index in [0.717, 1.165) is 16.7 Å². The molecule has 0 fully saturated rings. The van der Waals surface area contributed by atoms with Crippen LogP contribution in [0.25, 0.3) is 38.8 Å². The number of rotatable bonds is 2. The molecule has 0 amide bonds. The van der Waals surface area contributed by atoms with Gasteiger partial charge in [-0.05, 0) is 47.9 Å². The molecule has 2 aromatic heterocycles. The van der Waals surface area contributed by atoms with Gasteiger partial charge in [0.2, 0.25) is 0 Å². The number of nitrogens with one attached hydrogen (secondary N) is 1. The van der Waals surface area contributed by atoms with Crippen molar-refractivity contribution in [2.75, 3.05) is 0 Å². The minimum atomic E-state index is -0.557. The molecule has 3 aromatic carbocycles. The van der Waals surface area contributed by atoms with Crippen LogP contribution in [0.2, 0.25) is 0 Å². The predicted molar refractivity (Wildman–Crippen MR) is 110 cm³/mol. The molecule has 5 heteroatoms. The van der Waals surface area contributed by atoms with Crippen LogP contribution in [0.5, 0.6) is 0 Å². The van der Waals surface area contributed by atoms with Gasteiger partial charge >= 0.3 is 11.3 Å². The van der Waals surface area contributed by atoms with Crippen LogP contribution in [0.15, 0.2) is 86.8 Å². The summed E-state index contributed by atoms with van der Waals surface area (Å²) in [6.07, 6.45) is 0. The number of hydrogen-bond acceptors (Lipinski definition) is 3. The van der Waals surface area contributed by atoms with Crippen LogP contribution in [-0.4, -0.2) is 9.55 Å². The lowest BCUT2D eigenvalue weighted by Gasteiger charge is -2.09. The second-order valence-corrected chi connectivity index (χ2v) is 6.74. The smallest absolute Gasteiger partial charge is 0.362 e. The zero-order valence-electron chi connectivity index (χ0n) is 15.1. The van der Waals surface area contributed by atoms with E-state index >= 15 is 0 Å². The van der Waals surface area contributed by atoms with Crippen molar-refractivity contribution in [3.05, 3.63) is 99.3 Å². The number of imidazole rings is 1. The van der Waals surface area contributed by atoms with E-state index in [1.54, 1.807) is 6.07 Å². The third-order valence-electron chi connectivity index (χ3n) is 5.01. The fourth-order valence-electron chi connectivity index (χ4n) is 3.68. The molecule has 1 N–H and O–H groups in total. The molecule has 5 aromatic rings. The van der Waals surface area contributed by atoms with Gasteiger partial charge in [-0.2, -0.15) is 0 Å². The molecule has 0 aliphatic heterocycles. The summed E-state index contributed by atoms with van der Waals surface area (Å²) in [5, 5.41) is 0.706. The maximum atomic E-state index is 12.7. The van der Waals surface area contributed by atoms with Crippen LogP contribution in [0, 0.1) is 6.92 Å². The van der Waals surface area contributed by atoms with Gasteiger partial charge in [-0.1, -0.05) is 48.5 Å². The number of para-hydroxylation sites is 1. The SMILES string of the molecule is Cc1ccccc1-c1ccc2oc(=O)c3[nH]c(=O)n(-c4ccccc4)c3c2c1. The maximum Gasteiger partial charge on any atom is 0.362 e. The van der Waals surface area contributed by atoms with Crippen molar-refractivity contribution in [2.45, 2.75) is 6.92 Å². The summed E-state index contributed by atoms with van der Waals surface area (Å²) in [6.45, 7) is 2.05. The monoisotopic (exact) mass is 368 g/mol. The highest BCUT2D eigenvalue weighted by molar-refractivity contribution is 6.03. The van der Waals surface area contributed by atoms with E-state index in [-0.39, 0.29) is 11.2 Å². The highest BCUT2D eigenvalue weighted by Crippen LogP contribution is 2.30. The molecule has 0 bridgehead atoms. The van der Waals surface area contributed by atoms with Gasteiger partial charge in [0.05, 0.1) is 11.2 Å². The molecule has 0 saturated heterocycles. The largest absolute Gasteiger partial charge is 0.421 e. The van der Waals surface area contributed by atoms with Crippen LogP contribution < -0.4 is 11.3 Å². The summed E-state index contributed by atoms with van der Waals surface area (Å²) in [5.74, 6) is 0. The zero-order chi connectivity index (χ0) is 19.3. The van der Waals surface area contributed by atoms with Crippen LogP contribution in [0.1, 0.15) is 5.56 Å². The summed E-state index contributed by atoms with van der Waals surface area (Å²) < 4.78 is 6.99. The van der Waals surface area contributed by atoms with Crippen molar-refractivity contribution < 1.29 is 4.42 Å². The van der Waals surface area contributed by atoms with Gasteiger partial charge in [0.15, 0.2) is 5.52 Å². The Labute approximate surface area is 159 Å². The molecule has 2 heterocycles. The second-order valence-electron chi connectivity index (χ2n) is 6.74. The van der Waals surface area contributed by atoms with Crippen molar-refractivity contribution in [1.82, 2.24) is 9.55 Å². The number of benzene rings is 3. The summed E-state index contributed by atoms with van der Waals surface area (Å²) in [4.78, 5) is 27.8. The van der Waals surface area contributed by atoms with Crippen LogP contribution in [0.4, 0.5) is 0 Å². The van der Waals surface area contributed by atoms with Crippen molar-refractivity contribution >= 4 is 22.0 Å². The molecule has 0 atom stereocenters. The molecular weight excluding hydrogens is 352 g/mol. The molecule has 5 nitrogen and oxygen atoms in total. The first-order valence-corrected chi connectivity index (χ1v) is 8.96. The van der Waals surface area contributed by atoms with Gasteiger partial charge < -0.3 is 4.42 Å². The van der Waals surface area contributed by atoms with Crippen molar-refractivity contribution in [2.24, 2.45) is 0 Å². The maximum absolute atomic E-state index is 12.7. The van der Waals surface area contributed by atoms with Gasteiger partial charge in [-0.25, -0.2) is 9.59 Å². The number of aromatic amines is 1. The van der Waals surface area contributed by atoms with E-state index in [0.29, 0.717) is 22.2 Å². The lowest BCUT2D eigenvalue weighted by Crippen LogP contribution is -2.14. The highest BCUT2D eigenvalue weighted by atomic mass is 16.4. The minimum absolute atomic E-state index is 0.170. The van der Waals surface area contributed by atoms with Gasteiger partial charge in [0, 0.05) is 5.39 Å². The Bertz CT molecular complexity index is 1460. The first-order chi connectivity index (χ1) is 13.6. The van der Waals surface area contributed by atoms with Crippen molar-refractivity contribution in [1.29, 1.82) is 0 Å². The summed E-state index contributed by atoms with van der Waals surface area (Å²) in [5.41, 5.74) is 4.12. The number of H-pyrrole nitrogens is 1. The number of fused-ring (bicyclic) bond motifs is 3. The minimum Gasteiger partial charge on any atom is -0.421 e. The Kier molecular flexibility index (Phi) is 3.55. The Morgan fingerprint density at radius 3 is 2.43 bits per heavy atom. The predicted octanol–water partition coefficient (Wildman–Crippen LogP) is 4.40. The molecular formula is C23H16N2O3. The van der Waals surface area contributed by atoms with E-state index in [4.69, 9.17) is 4.42 Å². The molecule has 0 saturated carbocycles. The second kappa shape index (κ2) is 6.09. The Balaban J connectivity index is 1.93. The van der Waals surface area contributed by atoms with Gasteiger partial charge in [0.1, 0.15) is 5.58 Å². The molecule has 0 aliphatic rings. The van der Waals surface area contributed by atoms with Crippen LogP contribution in [0.3, 0.4) is 0 Å². The fraction of sp³-hybridized carbons (Fsp3) is 0.0435. The van der Waals surface area contributed by atoms with Gasteiger partial charge in [0.25, 0.3) is 0 Å². The van der Waals surface area contributed by atoms with E-state index < -0.39 is 5.63 Å². The Hall–Kier alpha value is -3.86. The lowest BCUT2D eigenvalue weighted by molar-refractivity contribution is 0.568. The summed E-state index contributed by atoms with van der Waals surface area (Å²) in [7, 11) is 0. The highest BCUT2D eigenvalue weighted by Gasteiger charge is 2.17. The van der Waals surface area contributed by atoms with Crippen LogP contribution in [-0.2, 0) is 0 Å². The van der Waals surface area contributed by atoms with E-state index in [2.05, 4.69) is 18.0 Å². The quantitative estimate of drug-likeness (QED) is 0.470. The van der Waals surface area contributed by atoms with E-state index in [9.17, 15) is 9.59 Å². The third kappa shape index (κ3) is 2.41. The standard InChI is InChI=1S/C23H16N2O3/c1-14-7-5-6-10-17(14)15-11-12-19-18(13-15)21-20(22(26)28-19)24-23(27)25(21)16-8-3-2-4-9-16/h2-13H,1H3,(H,24,27). The molecule has 5 rings (SSSR count). The van der Waals surface area contributed by atoms with E-state index in [1.165, 1.54) is 4.57 Å². The first-order valence-electron chi connectivity index (χ1n) is 8.96. The molecule has 136 valence electrons. The Morgan fingerprint density at radius 2 is 1.64 bits per heavy atom. The van der Waals surface area contributed by atoms with Crippen LogP contribution >= 0.6 is 0 Å². The van der Waals surface area contributed by atoms with Crippen molar-refractivity contribution in [3.8, 4) is 16.8 Å². The van der Waals surface area contributed by atoms with Gasteiger partial charge in [-0.15, -0.1) is 0 Å². The average Bonchev–Trinajstić information content (AvgIpc) is 3.07. The molecule has 28 heavy (non-hydrogen) atoms. The molecule has 0 spiro atoms. The average molecular weight is 368 g/mol. The summed E-state index contributed by atoms with van der Waals surface area (Å²) >= 11 is 0. The molecule has 0 aliphatic carbocycles. The number of nitrogens with zero attached hydrogens (tertiary/aromatic N) is 1. The number of aromatic nitrogens is 2. The van der Waals surface area contributed by atoms with Gasteiger partial charge in [-0.3, -0.25) is 9.55 Å². The van der Waals surface area contributed by atoms with E-state index in [1.807, 2.05) is 60.7 Å². The molecule has 0 radical (unpaired) electrons. The normalized spacial score (nSPS) is 11.3. The number of aryl methyl sites for hydroxylation is 1. The molecule has 0 unspecified atom stereocenters. The number of hydrogen-bond donors (Lipinski definition) is 1. The zero-order valence-corrected chi connectivity index (χ0v) is 15.1. The topological polar surface area (TPSA) is 68.0 Å². The summed E-state index contributed by atoms with van der Waals surface area (Å²) in [6, 6.07) is 23.0.